The summed E-state index contributed by atoms with van der Waals surface area (Å²) in [5.74, 6) is -0.962. The Morgan fingerprint density at radius 2 is 2.08 bits per heavy atom. The summed E-state index contributed by atoms with van der Waals surface area (Å²) in [7, 11) is 1.69. The predicted octanol–water partition coefficient (Wildman–Crippen LogP) is -3.76. The number of carboxylic acids is 1. The first kappa shape index (κ1) is 20.2. The van der Waals surface area contributed by atoms with Crippen LogP contribution in [-0.2, 0) is 13.5 Å². The van der Waals surface area contributed by atoms with Crippen LogP contribution in [0, 0.1) is 0 Å². The van der Waals surface area contributed by atoms with Gasteiger partial charge in [-0.25, -0.2) is 0 Å². The van der Waals surface area contributed by atoms with Gasteiger partial charge in [0.05, 0.1) is 24.1 Å². The van der Waals surface area contributed by atoms with Crippen LogP contribution in [0.15, 0.2) is 23.1 Å². The van der Waals surface area contributed by atoms with Crippen molar-refractivity contribution in [3.8, 4) is 11.4 Å². The van der Waals surface area contributed by atoms with Gasteiger partial charge in [-0.05, 0) is 42.7 Å². The second-order valence-electron chi connectivity index (χ2n) is 6.04. The van der Waals surface area contributed by atoms with Gasteiger partial charge in [-0.2, -0.15) is 4.80 Å². The summed E-state index contributed by atoms with van der Waals surface area (Å²) in [5, 5.41) is 23.8. The fourth-order valence-corrected chi connectivity index (χ4v) is 3.36. The average molecular weight is 365 g/mol. The summed E-state index contributed by atoms with van der Waals surface area (Å²) in [6.45, 7) is 2.00. The number of rotatable bonds is 2. The van der Waals surface area contributed by atoms with Crippen molar-refractivity contribution in [2.75, 3.05) is 0 Å². The molecule has 0 amide bonds. The van der Waals surface area contributed by atoms with E-state index in [9.17, 15) is 14.7 Å². The zero-order valence-electron chi connectivity index (χ0n) is 14.7. The second-order valence-corrected chi connectivity index (χ2v) is 6.04. The minimum absolute atomic E-state index is 0. The van der Waals surface area contributed by atoms with E-state index in [1.165, 1.54) is 11.0 Å². The van der Waals surface area contributed by atoms with Crippen LogP contribution in [0.4, 0.5) is 0 Å². The van der Waals surface area contributed by atoms with E-state index in [0.29, 0.717) is 11.2 Å². The maximum atomic E-state index is 12.5. The van der Waals surface area contributed by atoms with Crippen LogP contribution in [0.2, 0.25) is 0 Å². The Morgan fingerprint density at radius 3 is 2.69 bits per heavy atom. The van der Waals surface area contributed by atoms with Gasteiger partial charge in [0.15, 0.2) is 5.43 Å². The molecule has 1 unspecified atom stereocenters. The van der Waals surface area contributed by atoms with Crippen LogP contribution >= 0.6 is 0 Å². The third-order valence-electron chi connectivity index (χ3n) is 4.55. The van der Waals surface area contributed by atoms with Crippen molar-refractivity contribution in [1.29, 1.82) is 0 Å². The van der Waals surface area contributed by atoms with Gasteiger partial charge in [-0.3, -0.25) is 4.79 Å². The minimum Gasteiger partial charge on any atom is -0.545 e. The van der Waals surface area contributed by atoms with Crippen LogP contribution in [0.3, 0.4) is 0 Å². The van der Waals surface area contributed by atoms with Crippen molar-refractivity contribution in [1.82, 2.24) is 24.8 Å². The number of aryl methyl sites for hydroxylation is 2. The molecule has 2 N–H and O–H groups in total. The van der Waals surface area contributed by atoms with E-state index >= 15 is 0 Å². The van der Waals surface area contributed by atoms with E-state index < -0.39 is 11.4 Å². The van der Waals surface area contributed by atoms with Gasteiger partial charge in [0.2, 0.25) is 5.82 Å². The van der Waals surface area contributed by atoms with E-state index in [1.807, 2.05) is 11.5 Å². The van der Waals surface area contributed by atoms with Crippen molar-refractivity contribution < 1.29 is 44.9 Å². The van der Waals surface area contributed by atoms with Gasteiger partial charge in [0.25, 0.3) is 0 Å². The molecule has 1 atom stereocenters. The molecule has 4 rings (SSSR count). The van der Waals surface area contributed by atoms with Crippen LogP contribution in [0.5, 0.6) is 0 Å². The molecule has 1 aromatic carbocycles. The molecular formula is C16H16N5NaO4. The number of hydrogen-bond donors (Lipinski definition) is 0. The average Bonchev–Trinajstić information content (AvgIpc) is 2.98. The molecule has 26 heavy (non-hydrogen) atoms. The number of aromatic nitrogens is 5. The van der Waals surface area contributed by atoms with Gasteiger partial charge in [0.1, 0.15) is 0 Å². The summed E-state index contributed by atoms with van der Waals surface area (Å²) >= 11 is 0. The first-order valence-corrected chi connectivity index (χ1v) is 7.64. The Balaban J connectivity index is 0.00000121. The zero-order valence-corrected chi connectivity index (χ0v) is 16.7. The summed E-state index contributed by atoms with van der Waals surface area (Å²) in [6, 6.07) is 3.48. The summed E-state index contributed by atoms with van der Waals surface area (Å²) in [6.07, 6.45) is 2.98. The second kappa shape index (κ2) is 7.28. The van der Waals surface area contributed by atoms with Crippen LogP contribution in [-0.4, -0.2) is 36.2 Å². The molecule has 0 bridgehead atoms. The van der Waals surface area contributed by atoms with Gasteiger partial charge >= 0.3 is 29.6 Å². The van der Waals surface area contributed by atoms with E-state index in [0.717, 1.165) is 29.5 Å². The molecular weight excluding hydrogens is 349 g/mol. The first-order valence-electron chi connectivity index (χ1n) is 7.64. The van der Waals surface area contributed by atoms with E-state index in [4.69, 9.17) is 0 Å². The zero-order chi connectivity index (χ0) is 17.0. The predicted molar refractivity (Wildman–Crippen MR) is 87.0 cm³/mol. The molecule has 9 nitrogen and oxygen atoms in total. The third-order valence-corrected chi connectivity index (χ3v) is 4.55. The van der Waals surface area contributed by atoms with Crippen LogP contribution < -0.4 is 40.1 Å². The molecule has 10 heteroatoms. The smallest absolute Gasteiger partial charge is 0.545 e. The Bertz CT molecular complexity index is 1060. The fraction of sp³-hybridized carbons (Fsp3) is 0.312. The van der Waals surface area contributed by atoms with Gasteiger partial charge in [0, 0.05) is 23.2 Å². The van der Waals surface area contributed by atoms with Crippen molar-refractivity contribution in [3.05, 3.63) is 39.7 Å². The summed E-state index contributed by atoms with van der Waals surface area (Å²) in [5.41, 5.74) is 1.67. The van der Waals surface area contributed by atoms with Crippen LogP contribution in [0.25, 0.3) is 22.3 Å². The van der Waals surface area contributed by atoms with Gasteiger partial charge in [-0.15, -0.1) is 10.2 Å². The van der Waals surface area contributed by atoms with E-state index in [-0.39, 0.29) is 46.6 Å². The molecule has 3 heterocycles. The number of hydrogen-bond acceptors (Lipinski definition) is 6. The fourth-order valence-electron chi connectivity index (χ4n) is 3.36. The standard InChI is InChI=1S/C16H15N5O3.Na.H2O/c1-8-3-4-9-10(15-17-19-20(2)18-15)5-6-11-13(9)21(8)7-12(14(11)22)16(23)24;;/h5-8H,3-4H2,1-2H3,(H,23,24);;1H2/q;+1;/p-1. The maximum Gasteiger partial charge on any atom is 1.00 e. The number of tetrazole rings is 1. The number of nitrogens with zero attached hydrogens (tertiary/aromatic N) is 5. The Labute approximate surface area is 170 Å². The Kier molecular flexibility index (Phi) is 5.67. The number of carboxylic acid groups (broad SMARTS) is 1. The minimum atomic E-state index is -1.45. The third kappa shape index (κ3) is 2.96. The topological polar surface area (TPSA) is 137 Å². The molecule has 0 saturated heterocycles. The van der Waals surface area contributed by atoms with Crippen LogP contribution in [0.1, 0.15) is 35.3 Å². The molecule has 1 aliphatic rings. The Hall–Kier alpha value is -2.07. The molecule has 1 aliphatic heterocycles. The number of pyridine rings is 1. The maximum absolute atomic E-state index is 12.5. The van der Waals surface area contributed by atoms with Crippen molar-refractivity contribution >= 4 is 16.9 Å². The van der Waals surface area contributed by atoms with E-state index in [1.54, 1.807) is 19.2 Å². The molecule has 3 aromatic rings. The quantitative estimate of drug-likeness (QED) is 0.428. The largest absolute Gasteiger partial charge is 1.00 e. The number of aromatic carboxylic acids is 1. The molecule has 2 aromatic heterocycles. The van der Waals surface area contributed by atoms with Crippen molar-refractivity contribution in [3.63, 3.8) is 0 Å². The number of carbonyl (C=O) groups is 1. The first-order chi connectivity index (χ1) is 11.5. The van der Waals surface area contributed by atoms with Crippen molar-refractivity contribution in [2.24, 2.45) is 7.05 Å². The molecule has 0 saturated carbocycles. The number of carbonyl (C=O) groups excluding carboxylic acids is 1. The van der Waals surface area contributed by atoms with Crippen molar-refractivity contribution in [2.45, 2.75) is 25.8 Å². The monoisotopic (exact) mass is 365 g/mol. The molecule has 0 radical (unpaired) electrons. The summed E-state index contributed by atoms with van der Waals surface area (Å²) in [4.78, 5) is 25.1. The summed E-state index contributed by atoms with van der Waals surface area (Å²) < 4.78 is 1.85. The molecule has 130 valence electrons. The molecule has 0 aliphatic carbocycles. The number of benzene rings is 1. The normalized spacial score (nSPS) is 15.2. The Morgan fingerprint density at radius 1 is 1.35 bits per heavy atom. The SMILES string of the molecule is CC1CCc2c(-c3nnn(C)n3)ccc3c(=O)c(C(=O)[O-])cn1c23.O.[Na+]. The van der Waals surface area contributed by atoms with E-state index in [2.05, 4.69) is 15.4 Å². The van der Waals surface area contributed by atoms with Gasteiger partial charge in [-0.1, -0.05) is 0 Å². The van der Waals surface area contributed by atoms with Gasteiger partial charge < -0.3 is 19.9 Å². The molecule has 0 spiro atoms. The molecule has 0 fully saturated rings.